The average Bonchev–Trinajstić information content (AvgIpc) is 3.27. The highest BCUT2D eigenvalue weighted by Crippen LogP contribution is 2.27. The van der Waals surface area contributed by atoms with Crippen molar-refractivity contribution in [1.29, 1.82) is 0 Å². The summed E-state index contributed by atoms with van der Waals surface area (Å²) in [5, 5.41) is 12.4. The first-order chi connectivity index (χ1) is 13.2. The third-order valence-electron chi connectivity index (χ3n) is 6.15. The summed E-state index contributed by atoms with van der Waals surface area (Å²) in [6, 6.07) is 0. The van der Waals surface area contributed by atoms with Crippen LogP contribution < -0.4 is 4.90 Å². The molecule has 2 aromatic heterocycles. The van der Waals surface area contributed by atoms with Crippen LogP contribution in [0.2, 0.25) is 0 Å². The van der Waals surface area contributed by atoms with Crippen LogP contribution in [0.1, 0.15) is 55.1 Å². The Kier molecular flexibility index (Phi) is 6.08. The molecule has 1 aliphatic heterocycles. The van der Waals surface area contributed by atoms with Gasteiger partial charge in [0.2, 0.25) is 5.95 Å². The van der Waals surface area contributed by atoms with Crippen LogP contribution in [0.5, 0.6) is 0 Å². The molecule has 3 heterocycles. The van der Waals surface area contributed by atoms with Crippen LogP contribution in [0, 0.1) is 12.8 Å². The Labute approximate surface area is 166 Å². The highest BCUT2D eigenvalue weighted by atomic mass is 32.1. The van der Waals surface area contributed by atoms with Crippen molar-refractivity contribution in [2.24, 2.45) is 13.0 Å². The minimum atomic E-state index is 0.900. The van der Waals surface area contributed by atoms with Gasteiger partial charge < -0.3 is 9.47 Å². The van der Waals surface area contributed by atoms with E-state index in [0.29, 0.717) is 0 Å². The summed E-state index contributed by atoms with van der Waals surface area (Å²) in [4.78, 5) is 9.48. The standard InChI is InChI=1S/C20H32N6S/c1-16-21-18(15-27-16)14-25-10-12-26(13-11-25)20-23-22-19(24(20)2)9-8-17-6-4-3-5-7-17/h15,17H,3-14H2,1-2H3. The zero-order valence-electron chi connectivity index (χ0n) is 16.7. The first-order valence-electron chi connectivity index (χ1n) is 10.5. The third kappa shape index (κ3) is 4.69. The Morgan fingerprint density at radius 1 is 1.07 bits per heavy atom. The van der Waals surface area contributed by atoms with E-state index in [-0.39, 0.29) is 0 Å². The Hall–Kier alpha value is -1.47. The molecule has 2 aliphatic rings. The predicted molar refractivity (Wildman–Crippen MR) is 110 cm³/mol. The third-order valence-corrected chi connectivity index (χ3v) is 6.97. The van der Waals surface area contributed by atoms with Gasteiger partial charge in [0.05, 0.1) is 10.7 Å². The van der Waals surface area contributed by atoms with Crippen LogP contribution in [-0.2, 0) is 20.0 Å². The van der Waals surface area contributed by atoms with Crippen molar-refractivity contribution in [2.45, 2.75) is 58.4 Å². The second-order valence-corrected chi connectivity index (χ2v) is 9.20. The molecule has 0 aromatic carbocycles. The minimum absolute atomic E-state index is 0.900. The van der Waals surface area contributed by atoms with Gasteiger partial charge in [0.1, 0.15) is 5.82 Å². The van der Waals surface area contributed by atoms with Gasteiger partial charge in [-0.25, -0.2) is 4.98 Å². The topological polar surface area (TPSA) is 50.1 Å². The Morgan fingerprint density at radius 2 is 1.85 bits per heavy atom. The van der Waals surface area contributed by atoms with Crippen LogP contribution in [-0.4, -0.2) is 50.8 Å². The summed E-state index contributed by atoms with van der Waals surface area (Å²) < 4.78 is 2.22. The molecule has 1 saturated carbocycles. The van der Waals surface area contributed by atoms with Gasteiger partial charge in [0.25, 0.3) is 0 Å². The highest BCUT2D eigenvalue weighted by molar-refractivity contribution is 7.09. The lowest BCUT2D eigenvalue weighted by molar-refractivity contribution is 0.246. The van der Waals surface area contributed by atoms with Gasteiger partial charge in [-0.1, -0.05) is 32.1 Å². The van der Waals surface area contributed by atoms with Crippen LogP contribution in [0.15, 0.2) is 5.38 Å². The van der Waals surface area contributed by atoms with Gasteiger partial charge in [0, 0.05) is 51.6 Å². The number of piperazine rings is 1. The van der Waals surface area contributed by atoms with Crippen molar-refractivity contribution in [2.75, 3.05) is 31.1 Å². The van der Waals surface area contributed by atoms with Gasteiger partial charge in [-0.15, -0.1) is 21.5 Å². The Morgan fingerprint density at radius 3 is 2.56 bits per heavy atom. The predicted octanol–water partition coefficient (Wildman–Crippen LogP) is 3.42. The van der Waals surface area contributed by atoms with Crippen LogP contribution in [0.3, 0.4) is 0 Å². The van der Waals surface area contributed by atoms with Gasteiger partial charge in [-0.3, -0.25) is 4.90 Å². The quantitative estimate of drug-likeness (QED) is 0.759. The van der Waals surface area contributed by atoms with Crippen LogP contribution >= 0.6 is 11.3 Å². The molecule has 148 valence electrons. The van der Waals surface area contributed by atoms with E-state index in [9.17, 15) is 0 Å². The summed E-state index contributed by atoms with van der Waals surface area (Å²) >= 11 is 1.74. The molecule has 0 atom stereocenters. The van der Waals surface area contributed by atoms with Crippen molar-refractivity contribution in [3.63, 3.8) is 0 Å². The Bertz CT molecular complexity index is 725. The van der Waals surface area contributed by atoms with E-state index >= 15 is 0 Å². The largest absolute Gasteiger partial charge is 0.338 e. The van der Waals surface area contributed by atoms with Gasteiger partial charge >= 0.3 is 0 Å². The Balaban J connectivity index is 1.28. The van der Waals surface area contributed by atoms with Crippen molar-refractivity contribution in [3.8, 4) is 0 Å². The van der Waals surface area contributed by atoms with Gasteiger partial charge in [-0.05, 0) is 19.3 Å². The number of hydrogen-bond donors (Lipinski definition) is 0. The van der Waals surface area contributed by atoms with E-state index in [0.717, 1.165) is 61.8 Å². The van der Waals surface area contributed by atoms with Crippen molar-refractivity contribution < 1.29 is 0 Å². The monoisotopic (exact) mass is 388 g/mol. The van der Waals surface area contributed by atoms with Crippen LogP contribution in [0.25, 0.3) is 0 Å². The molecule has 4 rings (SSSR count). The average molecular weight is 389 g/mol. The number of rotatable bonds is 6. The van der Waals surface area contributed by atoms with E-state index in [1.807, 2.05) is 0 Å². The molecule has 0 bridgehead atoms. The summed E-state index contributed by atoms with van der Waals surface area (Å²) in [5.41, 5.74) is 1.20. The van der Waals surface area contributed by atoms with Gasteiger partial charge in [-0.2, -0.15) is 0 Å². The van der Waals surface area contributed by atoms with E-state index < -0.39 is 0 Å². The normalized spacial score (nSPS) is 19.7. The summed E-state index contributed by atoms with van der Waals surface area (Å²) in [5.74, 6) is 3.09. The summed E-state index contributed by atoms with van der Waals surface area (Å²) in [7, 11) is 2.13. The lowest BCUT2D eigenvalue weighted by Gasteiger charge is -2.34. The SMILES string of the molecule is Cc1nc(CN2CCN(c3nnc(CCC4CCCCC4)n3C)CC2)cs1. The number of hydrogen-bond acceptors (Lipinski definition) is 6. The molecule has 0 unspecified atom stereocenters. The zero-order valence-corrected chi connectivity index (χ0v) is 17.5. The zero-order chi connectivity index (χ0) is 18.6. The lowest BCUT2D eigenvalue weighted by Crippen LogP contribution is -2.46. The fourth-order valence-corrected chi connectivity index (χ4v) is 5.07. The molecule has 0 spiro atoms. The van der Waals surface area contributed by atoms with Crippen molar-refractivity contribution in [1.82, 2.24) is 24.6 Å². The highest BCUT2D eigenvalue weighted by Gasteiger charge is 2.23. The number of nitrogens with zero attached hydrogens (tertiary/aromatic N) is 6. The van der Waals surface area contributed by atoms with E-state index in [4.69, 9.17) is 0 Å². The second-order valence-electron chi connectivity index (χ2n) is 8.14. The van der Waals surface area contributed by atoms with Crippen molar-refractivity contribution in [3.05, 3.63) is 21.9 Å². The smallest absolute Gasteiger partial charge is 0.227 e. The molecule has 1 saturated heterocycles. The maximum Gasteiger partial charge on any atom is 0.227 e. The van der Waals surface area contributed by atoms with Crippen LogP contribution in [0.4, 0.5) is 5.95 Å². The molecule has 6 nitrogen and oxygen atoms in total. The molecule has 2 aromatic rings. The molecule has 0 amide bonds. The molecule has 0 radical (unpaired) electrons. The first-order valence-corrected chi connectivity index (χ1v) is 11.3. The molecule has 7 heteroatoms. The molecule has 0 N–H and O–H groups in total. The number of aromatic nitrogens is 4. The number of anilines is 1. The fourth-order valence-electron chi connectivity index (χ4n) is 4.47. The second kappa shape index (κ2) is 8.69. The fraction of sp³-hybridized carbons (Fsp3) is 0.750. The van der Waals surface area contributed by atoms with Crippen molar-refractivity contribution >= 4 is 17.3 Å². The summed E-state index contributed by atoms with van der Waals surface area (Å²) in [6.07, 6.45) is 9.41. The van der Waals surface area contributed by atoms with Gasteiger partial charge in [0.15, 0.2) is 0 Å². The summed E-state index contributed by atoms with van der Waals surface area (Å²) in [6.45, 7) is 7.17. The maximum absolute atomic E-state index is 4.60. The molecule has 27 heavy (non-hydrogen) atoms. The molecule has 1 aliphatic carbocycles. The molecule has 2 fully saturated rings. The minimum Gasteiger partial charge on any atom is -0.338 e. The maximum atomic E-state index is 4.60. The lowest BCUT2D eigenvalue weighted by atomic mass is 9.86. The number of aryl methyl sites for hydroxylation is 2. The van der Waals surface area contributed by atoms with E-state index in [2.05, 4.69) is 48.9 Å². The molecular weight excluding hydrogens is 356 g/mol. The molecular formula is C20H32N6S. The van der Waals surface area contributed by atoms with E-state index in [1.54, 1.807) is 11.3 Å². The van der Waals surface area contributed by atoms with E-state index in [1.165, 1.54) is 44.2 Å². The first kappa shape index (κ1) is 18.9. The number of thiazole rings is 1.